The first-order valence-electron chi connectivity index (χ1n) is 6.26. The highest BCUT2D eigenvalue weighted by molar-refractivity contribution is 7.09. The van der Waals surface area contributed by atoms with Crippen LogP contribution in [0.5, 0.6) is 0 Å². The van der Waals surface area contributed by atoms with Crippen LogP contribution in [-0.2, 0) is 6.42 Å². The summed E-state index contributed by atoms with van der Waals surface area (Å²) in [7, 11) is 1.88. The number of rotatable bonds is 4. The van der Waals surface area contributed by atoms with Crippen molar-refractivity contribution in [3.63, 3.8) is 0 Å². The molecule has 0 aliphatic rings. The summed E-state index contributed by atoms with van der Waals surface area (Å²) in [4.78, 5) is 8.81. The zero-order valence-electron chi connectivity index (χ0n) is 11.3. The predicted octanol–water partition coefficient (Wildman–Crippen LogP) is 3.13. The van der Waals surface area contributed by atoms with Crippen molar-refractivity contribution in [1.29, 1.82) is 0 Å². The summed E-state index contributed by atoms with van der Waals surface area (Å²) in [6.07, 6.45) is 0.600. The lowest BCUT2D eigenvalue weighted by atomic mass is 10.2. The summed E-state index contributed by atoms with van der Waals surface area (Å²) in [6, 6.07) is 7.86. The highest BCUT2D eigenvalue weighted by atomic mass is 32.1. The highest BCUT2D eigenvalue weighted by Gasteiger charge is 2.10. The van der Waals surface area contributed by atoms with Crippen LogP contribution in [0.15, 0.2) is 34.2 Å². The Kier molecular flexibility index (Phi) is 3.47. The summed E-state index contributed by atoms with van der Waals surface area (Å²) < 4.78 is 5.30. The molecule has 0 aliphatic carbocycles. The Balaban J connectivity index is 1.78. The van der Waals surface area contributed by atoms with E-state index in [4.69, 9.17) is 4.52 Å². The van der Waals surface area contributed by atoms with Gasteiger partial charge in [-0.3, -0.25) is 0 Å². The number of nitrogens with one attached hydrogen (secondary N) is 1. The summed E-state index contributed by atoms with van der Waals surface area (Å²) in [6.45, 7) is 1.99. The van der Waals surface area contributed by atoms with Gasteiger partial charge in [-0.2, -0.15) is 4.98 Å². The Bertz CT molecular complexity index is 702. The first-order valence-corrected chi connectivity index (χ1v) is 7.14. The van der Waals surface area contributed by atoms with Gasteiger partial charge in [0.15, 0.2) is 5.82 Å². The van der Waals surface area contributed by atoms with Crippen molar-refractivity contribution in [3.8, 4) is 11.5 Å². The fourth-order valence-corrected chi connectivity index (χ4v) is 2.49. The number of thiazole rings is 1. The second-order valence-corrected chi connectivity index (χ2v) is 5.44. The van der Waals surface area contributed by atoms with Crippen molar-refractivity contribution in [2.75, 3.05) is 12.4 Å². The summed E-state index contributed by atoms with van der Waals surface area (Å²) in [5, 5.41) is 10.1. The first-order chi connectivity index (χ1) is 9.74. The molecule has 3 rings (SSSR count). The lowest BCUT2D eigenvalue weighted by Crippen LogP contribution is -1.91. The molecule has 0 aliphatic heterocycles. The Morgan fingerprint density at radius 3 is 2.65 bits per heavy atom. The van der Waals surface area contributed by atoms with E-state index in [0.29, 0.717) is 18.1 Å². The second-order valence-electron chi connectivity index (χ2n) is 4.38. The average molecular weight is 286 g/mol. The molecule has 5 nitrogen and oxygen atoms in total. The lowest BCUT2D eigenvalue weighted by molar-refractivity contribution is 0.423. The number of anilines is 1. The maximum Gasteiger partial charge on any atom is 0.257 e. The minimum atomic E-state index is 0.537. The standard InChI is InChI=1S/C14H14N4OS/c1-9-16-12(8-20-9)7-13-17-14(19-18-13)10-3-5-11(15-2)6-4-10/h3-6,8,15H,7H2,1-2H3. The number of hydrogen-bond donors (Lipinski definition) is 1. The van der Waals surface area contributed by atoms with Crippen LogP contribution in [0.4, 0.5) is 5.69 Å². The van der Waals surface area contributed by atoms with Crippen LogP contribution in [-0.4, -0.2) is 22.2 Å². The van der Waals surface area contributed by atoms with Crippen molar-refractivity contribution in [2.45, 2.75) is 13.3 Å². The molecular weight excluding hydrogens is 272 g/mol. The fourth-order valence-electron chi connectivity index (χ4n) is 1.87. The third kappa shape index (κ3) is 2.70. The molecule has 0 fully saturated rings. The zero-order valence-corrected chi connectivity index (χ0v) is 12.1. The van der Waals surface area contributed by atoms with Gasteiger partial charge in [0.2, 0.25) is 0 Å². The van der Waals surface area contributed by atoms with Crippen LogP contribution < -0.4 is 5.32 Å². The molecular formula is C14H14N4OS. The van der Waals surface area contributed by atoms with Crippen LogP contribution in [0.3, 0.4) is 0 Å². The van der Waals surface area contributed by atoms with E-state index in [1.54, 1.807) is 11.3 Å². The normalized spacial score (nSPS) is 10.7. The van der Waals surface area contributed by atoms with Crippen LogP contribution in [0.1, 0.15) is 16.5 Å². The van der Waals surface area contributed by atoms with Crippen molar-refractivity contribution >= 4 is 17.0 Å². The van der Waals surface area contributed by atoms with E-state index in [2.05, 4.69) is 20.4 Å². The Morgan fingerprint density at radius 1 is 1.20 bits per heavy atom. The quantitative estimate of drug-likeness (QED) is 0.798. The molecule has 0 radical (unpaired) electrons. The molecule has 3 aromatic rings. The fraction of sp³-hybridized carbons (Fsp3) is 0.214. The molecule has 2 heterocycles. The van der Waals surface area contributed by atoms with Gasteiger partial charge in [0.25, 0.3) is 5.89 Å². The molecule has 20 heavy (non-hydrogen) atoms. The molecule has 102 valence electrons. The van der Waals surface area contributed by atoms with E-state index >= 15 is 0 Å². The Hall–Kier alpha value is -2.21. The molecule has 2 aromatic heterocycles. The molecule has 6 heteroatoms. The SMILES string of the molecule is CNc1ccc(-c2nc(Cc3csc(C)n3)no2)cc1. The number of hydrogen-bond acceptors (Lipinski definition) is 6. The van der Waals surface area contributed by atoms with E-state index in [1.807, 2.05) is 43.6 Å². The van der Waals surface area contributed by atoms with Gasteiger partial charge >= 0.3 is 0 Å². The summed E-state index contributed by atoms with van der Waals surface area (Å²) in [5.41, 5.74) is 2.94. The van der Waals surface area contributed by atoms with Gasteiger partial charge in [-0.05, 0) is 31.2 Å². The lowest BCUT2D eigenvalue weighted by Gasteiger charge is -1.99. The smallest absolute Gasteiger partial charge is 0.257 e. The first kappa shape index (κ1) is 12.8. The van der Waals surface area contributed by atoms with Gasteiger partial charge in [0.05, 0.1) is 17.1 Å². The minimum Gasteiger partial charge on any atom is -0.388 e. The number of benzene rings is 1. The van der Waals surface area contributed by atoms with Crippen molar-refractivity contribution < 1.29 is 4.52 Å². The van der Waals surface area contributed by atoms with Gasteiger partial charge in [0, 0.05) is 23.7 Å². The molecule has 0 saturated heterocycles. The molecule has 0 bridgehead atoms. The molecule has 1 aromatic carbocycles. The van der Waals surface area contributed by atoms with Crippen LogP contribution in [0.2, 0.25) is 0 Å². The van der Waals surface area contributed by atoms with Crippen molar-refractivity contribution in [3.05, 3.63) is 46.2 Å². The largest absolute Gasteiger partial charge is 0.388 e. The van der Waals surface area contributed by atoms with Crippen molar-refractivity contribution in [2.24, 2.45) is 0 Å². The van der Waals surface area contributed by atoms with Gasteiger partial charge in [-0.1, -0.05) is 5.16 Å². The van der Waals surface area contributed by atoms with E-state index in [1.165, 1.54) is 0 Å². The average Bonchev–Trinajstić information content (AvgIpc) is 3.09. The van der Waals surface area contributed by atoms with Gasteiger partial charge in [-0.15, -0.1) is 11.3 Å². The van der Waals surface area contributed by atoms with Gasteiger partial charge in [-0.25, -0.2) is 4.98 Å². The van der Waals surface area contributed by atoms with Gasteiger partial charge in [0.1, 0.15) is 0 Å². The maximum atomic E-state index is 5.30. The maximum absolute atomic E-state index is 5.30. The predicted molar refractivity (Wildman–Crippen MR) is 78.9 cm³/mol. The monoisotopic (exact) mass is 286 g/mol. The van der Waals surface area contributed by atoms with E-state index < -0.39 is 0 Å². The Labute approximate surface area is 120 Å². The summed E-state index contributed by atoms with van der Waals surface area (Å²) >= 11 is 1.63. The van der Waals surface area contributed by atoms with Crippen LogP contribution in [0, 0.1) is 6.92 Å². The molecule has 0 saturated carbocycles. The van der Waals surface area contributed by atoms with E-state index in [0.717, 1.165) is 22.0 Å². The third-order valence-corrected chi connectivity index (χ3v) is 3.72. The Morgan fingerprint density at radius 2 is 2.00 bits per heavy atom. The van der Waals surface area contributed by atoms with Crippen molar-refractivity contribution in [1.82, 2.24) is 15.1 Å². The number of nitrogens with zero attached hydrogens (tertiary/aromatic N) is 3. The highest BCUT2D eigenvalue weighted by Crippen LogP contribution is 2.20. The molecule has 0 unspecified atom stereocenters. The number of aryl methyl sites for hydroxylation is 1. The second kappa shape index (κ2) is 5.42. The topological polar surface area (TPSA) is 63.8 Å². The van der Waals surface area contributed by atoms with Crippen LogP contribution in [0.25, 0.3) is 11.5 Å². The van der Waals surface area contributed by atoms with E-state index in [9.17, 15) is 0 Å². The molecule has 0 amide bonds. The molecule has 1 N–H and O–H groups in total. The summed E-state index contributed by atoms with van der Waals surface area (Å²) in [5.74, 6) is 1.19. The van der Waals surface area contributed by atoms with Crippen LogP contribution >= 0.6 is 11.3 Å². The van der Waals surface area contributed by atoms with E-state index in [-0.39, 0.29) is 0 Å². The third-order valence-electron chi connectivity index (χ3n) is 2.89. The molecule has 0 atom stereocenters. The van der Waals surface area contributed by atoms with Gasteiger partial charge < -0.3 is 9.84 Å². The zero-order chi connectivity index (χ0) is 13.9. The number of aromatic nitrogens is 3. The molecule has 0 spiro atoms. The minimum absolute atomic E-state index is 0.537.